The second kappa shape index (κ2) is 10.3. The number of rotatable bonds is 8. The number of aromatic nitrogens is 1. The number of nitrogens with zero attached hydrogens (tertiary/aromatic N) is 2. The third-order valence-electron chi connectivity index (χ3n) is 4.15. The number of carbonyl (C=O) groups excluding carboxylic acids is 2. The summed E-state index contributed by atoms with van der Waals surface area (Å²) in [4.78, 5) is 30.5. The van der Waals surface area contributed by atoms with E-state index in [1.165, 1.54) is 30.6 Å². The summed E-state index contributed by atoms with van der Waals surface area (Å²) in [6.07, 6.45) is 0. The minimum Gasteiger partial charge on any atom is -0.495 e. The number of anilines is 2. The molecule has 1 aromatic heterocycles. The minimum absolute atomic E-state index is 0.00837. The Morgan fingerprint density at radius 1 is 1.13 bits per heavy atom. The van der Waals surface area contributed by atoms with Gasteiger partial charge in [-0.3, -0.25) is 14.5 Å². The fourth-order valence-electron chi connectivity index (χ4n) is 2.76. The van der Waals surface area contributed by atoms with Crippen molar-refractivity contribution in [1.82, 2.24) is 9.88 Å². The van der Waals surface area contributed by atoms with Gasteiger partial charge in [-0.2, -0.15) is 0 Å². The molecule has 10 heteroatoms. The molecule has 0 radical (unpaired) electrons. The van der Waals surface area contributed by atoms with Gasteiger partial charge >= 0.3 is 0 Å². The van der Waals surface area contributed by atoms with Gasteiger partial charge in [0.2, 0.25) is 11.8 Å². The summed E-state index contributed by atoms with van der Waals surface area (Å²) in [6, 6.07) is 10.9. The lowest BCUT2D eigenvalue weighted by atomic mass is 10.2. The fraction of sp³-hybridized carbons (Fsp3) is 0.190. The lowest BCUT2D eigenvalue weighted by Crippen LogP contribution is -2.36. The number of halogens is 2. The van der Waals surface area contributed by atoms with Crippen LogP contribution in [0.4, 0.5) is 15.2 Å². The highest BCUT2D eigenvalue weighted by Gasteiger charge is 2.14. The average molecular weight is 463 g/mol. The molecule has 0 fully saturated rings. The van der Waals surface area contributed by atoms with Crippen molar-refractivity contribution < 1.29 is 18.7 Å². The lowest BCUT2D eigenvalue weighted by Gasteiger charge is -2.16. The normalized spacial score (nSPS) is 10.7. The van der Waals surface area contributed by atoms with E-state index >= 15 is 0 Å². The van der Waals surface area contributed by atoms with Gasteiger partial charge in [0, 0.05) is 16.0 Å². The quantitative estimate of drug-likeness (QED) is 0.526. The molecule has 0 atom stereocenters. The lowest BCUT2D eigenvalue weighted by molar-refractivity contribution is -0.119. The fourth-order valence-corrected chi connectivity index (χ4v) is 3.66. The highest BCUT2D eigenvalue weighted by molar-refractivity contribution is 7.14. The van der Waals surface area contributed by atoms with Crippen LogP contribution in [0.3, 0.4) is 0 Å². The standard InChI is InChI=1S/C21H20ClFN4O3S/c1-27(10-19(28)24-16-9-14(22)5-8-18(16)30-2)11-20(29)26-21-25-17(12-31-21)13-3-6-15(23)7-4-13/h3-9,12H,10-11H2,1-2H3,(H,24,28)(H,25,26,29). The number of methoxy groups -OCH3 is 1. The second-order valence-electron chi connectivity index (χ2n) is 6.66. The Morgan fingerprint density at radius 2 is 1.81 bits per heavy atom. The SMILES string of the molecule is COc1ccc(Cl)cc1NC(=O)CN(C)CC(=O)Nc1nc(-c2ccc(F)cc2)cs1. The summed E-state index contributed by atoms with van der Waals surface area (Å²) < 4.78 is 18.3. The predicted molar refractivity (Wildman–Crippen MR) is 120 cm³/mol. The van der Waals surface area contributed by atoms with Gasteiger partial charge in [-0.05, 0) is 49.5 Å². The monoisotopic (exact) mass is 462 g/mol. The molecule has 2 N–H and O–H groups in total. The van der Waals surface area contributed by atoms with Crippen LogP contribution < -0.4 is 15.4 Å². The van der Waals surface area contributed by atoms with Crippen LogP contribution in [-0.2, 0) is 9.59 Å². The molecule has 0 unspecified atom stereocenters. The maximum atomic E-state index is 13.0. The van der Waals surface area contributed by atoms with Crippen molar-refractivity contribution in [1.29, 1.82) is 0 Å². The molecule has 31 heavy (non-hydrogen) atoms. The molecule has 162 valence electrons. The Morgan fingerprint density at radius 3 is 2.48 bits per heavy atom. The van der Waals surface area contributed by atoms with E-state index in [1.807, 2.05) is 0 Å². The topological polar surface area (TPSA) is 83.6 Å². The molecule has 1 heterocycles. The summed E-state index contributed by atoms with van der Waals surface area (Å²) in [5.41, 5.74) is 1.85. The first kappa shape index (κ1) is 22.7. The van der Waals surface area contributed by atoms with Gasteiger partial charge in [-0.15, -0.1) is 11.3 Å². The molecule has 3 aromatic rings. The number of amides is 2. The van der Waals surface area contributed by atoms with Gasteiger partial charge in [0.1, 0.15) is 11.6 Å². The van der Waals surface area contributed by atoms with E-state index in [9.17, 15) is 14.0 Å². The number of hydrogen-bond acceptors (Lipinski definition) is 6. The molecular formula is C21H20ClFN4O3S. The predicted octanol–water partition coefficient (Wildman–Crippen LogP) is 4.12. The van der Waals surface area contributed by atoms with Gasteiger partial charge in [0.05, 0.1) is 31.6 Å². The van der Waals surface area contributed by atoms with E-state index in [0.717, 1.165) is 5.56 Å². The Hall–Kier alpha value is -3.01. The third kappa shape index (κ3) is 6.48. The van der Waals surface area contributed by atoms with Crippen LogP contribution in [0.25, 0.3) is 11.3 Å². The Labute approximate surface area is 187 Å². The number of likely N-dealkylation sites (N-methyl/N-ethyl adjacent to an activating group) is 1. The summed E-state index contributed by atoms with van der Waals surface area (Å²) in [5.74, 6) is -0.466. The summed E-state index contributed by atoms with van der Waals surface area (Å²) in [6.45, 7) is -0.0205. The van der Waals surface area contributed by atoms with Gasteiger partial charge in [0.15, 0.2) is 5.13 Å². The van der Waals surface area contributed by atoms with Gasteiger partial charge in [-0.25, -0.2) is 9.37 Å². The minimum atomic E-state index is -0.326. The highest BCUT2D eigenvalue weighted by Crippen LogP contribution is 2.27. The van der Waals surface area contributed by atoms with E-state index in [-0.39, 0.29) is 30.7 Å². The molecule has 0 saturated carbocycles. The first-order chi connectivity index (χ1) is 14.8. The molecule has 0 bridgehead atoms. The Balaban J connectivity index is 1.51. The molecule has 0 saturated heterocycles. The van der Waals surface area contributed by atoms with Crippen molar-refractivity contribution >= 4 is 45.6 Å². The zero-order chi connectivity index (χ0) is 22.4. The third-order valence-corrected chi connectivity index (χ3v) is 5.15. The van der Waals surface area contributed by atoms with Crippen LogP contribution in [0, 0.1) is 5.82 Å². The first-order valence-corrected chi connectivity index (χ1v) is 10.4. The van der Waals surface area contributed by atoms with Crippen LogP contribution in [0.15, 0.2) is 47.8 Å². The number of thiazole rings is 1. The van der Waals surface area contributed by atoms with Crippen LogP contribution in [0.5, 0.6) is 5.75 Å². The first-order valence-electron chi connectivity index (χ1n) is 9.17. The Kier molecular flexibility index (Phi) is 7.56. The molecule has 7 nitrogen and oxygen atoms in total. The molecule has 0 aliphatic carbocycles. The van der Waals surface area contributed by atoms with Crippen LogP contribution in [-0.4, -0.2) is 48.9 Å². The number of hydrogen-bond donors (Lipinski definition) is 2. The number of ether oxygens (including phenoxy) is 1. The van der Waals surface area contributed by atoms with Gasteiger partial charge in [0.25, 0.3) is 0 Å². The van der Waals surface area contributed by atoms with Crippen molar-refractivity contribution in [3.05, 3.63) is 58.7 Å². The Bertz CT molecular complexity index is 1070. The van der Waals surface area contributed by atoms with Crippen molar-refractivity contribution in [3.63, 3.8) is 0 Å². The zero-order valence-electron chi connectivity index (χ0n) is 16.8. The van der Waals surface area contributed by atoms with E-state index in [4.69, 9.17) is 16.3 Å². The number of carbonyl (C=O) groups is 2. The maximum Gasteiger partial charge on any atom is 0.240 e. The summed E-state index contributed by atoms with van der Waals surface area (Å²) >= 11 is 7.23. The van der Waals surface area contributed by atoms with E-state index < -0.39 is 0 Å². The average Bonchev–Trinajstić information content (AvgIpc) is 3.16. The van der Waals surface area contributed by atoms with Crippen LogP contribution >= 0.6 is 22.9 Å². The van der Waals surface area contributed by atoms with Crippen molar-refractivity contribution in [2.75, 3.05) is 37.9 Å². The molecular weight excluding hydrogens is 443 g/mol. The molecule has 0 aliphatic heterocycles. The van der Waals surface area contributed by atoms with Crippen LogP contribution in [0.1, 0.15) is 0 Å². The summed E-state index contributed by atoms with van der Waals surface area (Å²) in [7, 11) is 3.15. The van der Waals surface area contributed by atoms with Crippen LogP contribution in [0.2, 0.25) is 5.02 Å². The van der Waals surface area contributed by atoms with Crippen molar-refractivity contribution in [2.24, 2.45) is 0 Å². The largest absolute Gasteiger partial charge is 0.495 e. The van der Waals surface area contributed by atoms with E-state index in [1.54, 1.807) is 47.7 Å². The highest BCUT2D eigenvalue weighted by atomic mass is 35.5. The maximum absolute atomic E-state index is 13.0. The van der Waals surface area contributed by atoms with Crippen molar-refractivity contribution in [2.45, 2.75) is 0 Å². The smallest absolute Gasteiger partial charge is 0.240 e. The molecule has 2 amide bonds. The number of nitrogens with one attached hydrogen (secondary N) is 2. The zero-order valence-corrected chi connectivity index (χ0v) is 18.4. The molecule has 2 aromatic carbocycles. The van der Waals surface area contributed by atoms with E-state index in [0.29, 0.717) is 27.3 Å². The molecule has 0 aliphatic rings. The molecule has 0 spiro atoms. The van der Waals surface area contributed by atoms with Crippen molar-refractivity contribution in [3.8, 4) is 17.0 Å². The molecule has 3 rings (SSSR count). The van der Waals surface area contributed by atoms with Gasteiger partial charge < -0.3 is 15.4 Å². The van der Waals surface area contributed by atoms with E-state index in [2.05, 4.69) is 15.6 Å². The second-order valence-corrected chi connectivity index (χ2v) is 7.95. The summed E-state index contributed by atoms with van der Waals surface area (Å²) in [5, 5.41) is 8.09. The van der Waals surface area contributed by atoms with Gasteiger partial charge in [-0.1, -0.05) is 11.6 Å². The number of benzene rings is 2.